The predicted molar refractivity (Wildman–Crippen MR) is 97.3 cm³/mol. The van der Waals surface area contributed by atoms with Gasteiger partial charge in [-0.15, -0.1) is 11.3 Å². The molecular weight excluding hydrogens is 324 g/mol. The Balaban J connectivity index is 1.57. The van der Waals surface area contributed by atoms with Crippen LogP contribution in [-0.4, -0.2) is 49.2 Å². The van der Waals surface area contributed by atoms with Crippen LogP contribution in [0.3, 0.4) is 0 Å². The van der Waals surface area contributed by atoms with Gasteiger partial charge in [0.05, 0.1) is 12.8 Å². The van der Waals surface area contributed by atoms with Crippen molar-refractivity contribution in [2.24, 2.45) is 0 Å². The normalized spacial score (nSPS) is 15.1. The second-order valence-electron chi connectivity index (χ2n) is 5.76. The average molecular weight is 346 g/mol. The summed E-state index contributed by atoms with van der Waals surface area (Å²) in [5, 5.41) is 6.06. The lowest BCUT2D eigenvalue weighted by molar-refractivity contribution is 0.215. The molecule has 0 aliphatic carbocycles. The van der Waals surface area contributed by atoms with Crippen LogP contribution < -0.4 is 15.0 Å². The molecule has 1 aromatic heterocycles. The predicted octanol–water partition coefficient (Wildman–Crippen LogP) is 3.20. The fourth-order valence-electron chi connectivity index (χ4n) is 2.68. The molecule has 7 heteroatoms. The van der Waals surface area contributed by atoms with Gasteiger partial charge in [0.1, 0.15) is 5.75 Å². The lowest BCUT2D eigenvalue weighted by Gasteiger charge is -2.22. The van der Waals surface area contributed by atoms with Crippen molar-refractivity contribution < 1.29 is 9.53 Å². The number of rotatable bonds is 3. The van der Waals surface area contributed by atoms with E-state index in [0.29, 0.717) is 6.54 Å². The zero-order valence-corrected chi connectivity index (χ0v) is 14.8. The zero-order valence-electron chi connectivity index (χ0n) is 14.0. The van der Waals surface area contributed by atoms with E-state index >= 15 is 0 Å². The Morgan fingerprint density at radius 2 is 2.00 bits per heavy atom. The highest BCUT2D eigenvalue weighted by Crippen LogP contribution is 2.22. The Bertz CT molecular complexity index is 686. The average Bonchev–Trinajstić information content (AvgIpc) is 2.88. The SMILES string of the molecule is COc1ccc(NC(=O)N2CCCN(c3nc(C)cs3)CC2)cc1. The number of anilines is 2. The van der Waals surface area contributed by atoms with Crippen LogP contribution in [0.4, 0.5) is 15.6 Å². The second kappa shape index (κ2) is 7.53. The number of thiazole rings is 1. The summed E-state index contributed by atoms with van der Waals surface area (Å²) in [5.74, 6) is 0.775. The first kappa shape index (κ1) is 16.6. The van der Waals surface area contributed by atoms with Gasteiger partial charge in [-0.1, -0.05) is 0 Å². The van der Waals surface area contributed by atoms with Crippen LogP contribution >= 0.6 is 11.3 Å². The van der Waals surface area contributed by atoms with E-state index in [1.165, 1.54) is 0 Å². The quantitative estimate of drug-likeness (QED) is 0.927. The summed E-state index contributed by atoms with van der Waals surface area (Å²) < 4.78 is 5.13. The van der Waals surface area contributed by atoms with Crippen LogP contribution in [0.5, 0.6) is 5.75 Å². The van der Waals surface area contributed by atoms with Crippen molar-refractivity contribution >= 4 is 28.2 Å². The minimum atomic E-state index is -0.0580. The van der Waals surface area contributed by atoms with Crippen LogP contribution in [0.25, 0.3) is 0 Å². The Morgan fingerprint density at radius 3 is 2.67 bits per heavy atom. The molecule has 3 rings (SSSR count). The summed E-state index contributed by atoms with van der Waals surface area (Å²) in [6, 6.07) is 7.31. The van der Waals surface area contributed by atoms with Gasteiger partial charge in [0.15, 0.2) is 5.13 Å². The molecule has 1 aliphatic rings. The van der Waals surface area contributed by atoms with Crippen molar-refractivity contribution in [3.05, 3.63) is 35.3 Å². The summed E-state index contributed by atoms with van der Waals surface area (Å²) >= 11 is 1.66. The molecule has 128 valence electrons. The number of aryl methyl sites for hydroxylation is 1. The summed E-state index contributed by atoms with van der Waals surface area (Å²) in [6.45, 7) is 5.19. The van der Waals surface area contributed by atoms with Crippen LogP contribution in [0.1, 0.15) is 12.1 Å². The lowest BCUT2D eigenvalue weighted by Crippen LogP contribution is -2.38. The molecule has 1 aliphatic heterocycles. The van der Waals surface area contributed by atoms with E-state index in [4.69, 9.17) is 4.74 Å². The van der Waals surface area contributed by atoms with E-state index in [-0.39, 0.29) is 6.03 Å². The van der Waals surface area contributed by atoms with Gasteiger partial charge >= 0.3 is 6.03 Å². The van der Waals surface area contributed by atoms with Crippen LogP contribution in [0.15, 0.2) is 29.6 Å². The maximum absolute atomic E-state index is 12.5. The molecule has 2 heterocycles. The van der Waals surface area contributed by atoms with E-state index in [1.807, 2.05) is 36.1 Å². The summed E-state index contributed by atoms with van der Waals surface area (Å²) in [4.78, 5) is 21.1. The van der Waals surface area contributed by atoms with Crippen molar-refractivity contribution in [2.75, 3.05) is 43.5 Å². The first-order chi connectivity index (χ1) is 11.7. The van der Waals surface area contributed by atoms with E-state index in [0.717, 1.165) is 48.3 Å². The van der Waals surface area contributed by atoms with Gasteiger partial charge in [-0.3, -0.25) is 0 Å². The van der Waals surface area contributed by atoms with Gasteiger partial charge in [-0.2, -0.15) is 0 Å². The summed E-state index contributed by atoms with van der Waals surface area (Å²) in [6.07, 6.45) is 0.939. The summed E-state index contributed by atoms with van der Waals surface area (Å²) in [5.41, 5.74) is 1.82. The number of methoxy groups -OCH3 is 1. The number of nitrogens with one attached hydrogen (secondary N) is 1. The molecule has 0 bridgehead atoms. The maximum atomic E-state index is 12.5. The molecule has 1 saturated heterocycles. The van der Waals surface area contributed by atoms with Gasteiger partial charge in [-0.25, -0.2) is 9.78 Å². The summed E-state index contributed by atoms with van der Waals surface area (Å²) in [7, 11) is 1.63. The van der Waals surface area contributed by atoms with Gasteiger partial charge in [0.25, 0.3) is 0 Å². The molecule has 24 heavy (non-hydrogen) atoms. The number of carbonyl (C=O) groups is 1. The highest BCUT2D eigenvalue weighted by atomic mass is 32.1. The van der Waals surface area contributed by atoms with Crippen molar-refractivity contribution in [3.63, 3.8) is 0 Å². The van der Waals surface area contributed by atoms with Crippen molar-refractivity contribution in [1.29, 1.82) is 0 Å². The van der Waals surface area contributed by atoms with Crippen LogP contribution in [-0.2, 0) is 0 Å². The van der Waals surface area contributed by atoms with Gasteiger partial charge < -0.3 is 19.9 Å². The molecule has 0 saturated carbocycles. The molecule has 2 amide bonds. The molecular formula is C17H22N4O2S. The Hall–Kier alpha value is -2.28. The highest BCUT2D eigenvalue weighted by molar-refractivity contribution is 7.13. The molecule has 0 unspecified atom stereocenters. The monoisotopic (exact) mass is 346 g/mol. The van der Waals surface area contributed by atoms with Crippen molar-refractivity contribution in [3.8, 4) is 5.75 Å². The molecule has 0 atom stereocenters. The van der Waals surface area contributed by atoms with Crippen molar-refractivity contribution in [1.82, 2.24) is 9.88 Å². The number of hydrogen-bond donors (Lipinski definition) is 1. The van der Waals surface area contributed by atoms with Crippen LogP contribution in [0, 0.1) is 6.92 Å². The van der Waals surface area contributed by atoms with Crippen LogP contribution in [0.2, 0.25) is 0 Å². The first-order valence-corrected chi connectivity index (χ1v) is 8.91. The molecule has 0 spiro atoms. The van der Waals surface area contributed by atoms with Gasteiger partial charge in [0.2, 0.25) is 0 Å². The number of ether oxygens (including phenoxy) is 1. The van der Waals surface area contributed by atoms with Gasteiger partial charge in [0, 0.05) is 37.2 Å². The smallest absolute Gasteiger partial charge is 0.321 e. The number of aromatic nitrogens is 1. The van der Waals surface area contributed by atoms with E-state index < -0.39 is 0 Å². The highest BCUT2D eigenvalue weighted by Gasteiger charge is 2.20. The molecule has 1 N–H and O–H groups in total. The largest absolute Gasteiger partial charge is 0.497 e. The number of urea groups is 1. The van der Waals surface area contributed by atoms with Crippen molar-refractivity contribution in [2.45, 2.75) is 13.3 Å². The Labute approximate surface area is 146 Å². The van der Waals surface area contributed by atoms with E-state index in [2.05, 4.69) is 20.6 Å². The maximum Gasteiger partial charge on any atom is 0.321 e. The fourth-order valence-corrected chi connectivity index (χ4v) is 3.53. The Kier molecular flexibility index (Phi) is 5.20. The number of amides is 2. The standard InChI is InChI=1S/C17H22N4O2S/c1-13-12-24-17(18-13)21-9-3-8-20(10-11-21)16(22)19-14-4-6-15(23-2)7-5-14/h4-7,12H,3,8-11H2,1-2H3,(H,19,22). The first-order valence-electron chi connectivity index (χ1n) is 8.03. The molecule has 2 aromatic rings. The second-order valence-corrected chi connectivity index (χ2v) is 6.59. The topological polar surface area (TPSA) is 57.7 Å². The minimum Gasteiger partial charge on any atom is -0.497 e. The zero-order chi connectivity index (χ0) is 16.9. The molecule has 6 nitrogen and oxygen atoms in total. The minimum absolute atomic E-state index is 0.0580. The molecule has 0 radical (unpaired) electrons. The molecule has 1 aromatic carbocycles. The third kappa shape index (κ3) is 3.97. The lowest BCUT2D eigenvalue weighted by atomic mass is 10.3. The molecule has 1 fully saturated rings. The third-order valence-corrected chi connectivity index (χ3v) is 5.02. The number of carbonyl (C=O) groups excluding carboxylic acids is 1. The van der Waals surface area contributed by atoms with Gasteiger partial charge in [-0.05, 0) is 37.6 Å². The number of nitrogens with zero attached hydrogens (tertiary/aromatic N) is 3. The number of benzene rings is 1. The number of hydrogen-bond acceptors (Lipinski definition) is 5. The van der Waals surface area contributed by atoms with E-state index in [9.17, 15) is 4.79 Å². The fraction of sp³-hybridized carbons (Fsp3) is 0.412. The van der Waals surface area contributed by atoms with E-state index in [1.54, 1.807) is 18.4 Å². The Morgan fingerprint density at radius 1 is 1.21 bits per heavy atom. The third-order valence-electron chi connectivity index (χ3n) is 4.00.